The van der Waals surface area contributed by atoms with E-state index >= 15 is 0 Å². The third-order valence-corrected chi connectivity index (χ3v) is 7.35. The monoisotopic (exact) mass is 568 g/mol. The molecule has 0 aromatic heterocycles. The van der Waals surface area contributed by atoms with Gasteiger partial charge in [0.05, 0.1) is 30.8 Å². The number of anilines is 1. The van der Waals surface area contributed by atoms with Gasteiger partial charge in [0.15, 0.2) is 0 Å². The number of hydrazine groups is 1. The van der Waals surface area contributed by atoms with Crippen LogP contribution in [0.3, 0.4) is 0 Å². The number of hydrogen-bond acceptors (Lipinski definition) is 5. The molecule has 33 heavy (non-hydrogen) atoms. The Labute approximate surface area is 219 Å². The number of benzene rings is 3. The number of allylic oxidation sites excluding steroid dienone is 1. The van der Waals surface area contributed by atoms with Gasteiger partial charge in [-0.05, 0) is 55.1 Å². The molecule has 4 nitrogen and oxygen atoms in total. The van der Waals surface area contributed by atoms with E-state index < -0.39 is 0 Å². The first-order valence-electron chi connectivity index (χ1n) is 10.5. The Balaban J connectivity index is 0.00000306. The van der Waals surface area contributed by atoms with E-state index in [-0.39, 0.29) is 12.4 Å². The fourth-order valence-electron chi connectivity index (χ4n) is 4.07. The Morgan fingerprint density at radius 2 is 1.88 bits per heavy atom. The number of fused-ring (bicyclic) bond motifs is 1. The van der Waals surface area contributed by atoms with E-state index in [0.29, 0.717) is 5.02 Å². The van der Waals surface area contributed by atoms with E-state index in [2.05, 4.69) is 64.1 Å². The molecule has 3 aromatic rings. The second-order valence-electron chi connectivity index (χ2n) is 7.53. The summed E-state index contributed by atoms with van der Waals surface area (Å²) >= 11 is 12.1. The summed E-state index contributed by atoms with van der Waals surface area (Å²) in [5.74, 6) is 2.41. The zero-order chi connectivity index (χ0) is 22.8. The van der Waals surface area contributed by atoms with Crippen LogP contribution in [0.2, 0.25) is 5.02 Å². The predicted octanol–water partition coefficient (Wildman–Crippen LogP) is 8.22. The van der Waals surface area contributed by atoms with Crippen LogP contribution < -0.4 is 14.5 Å². The van der Waals surface area contributed by atoms with Gasteiger partial charge in [-0.25, -0.2) is 0 Å². The molecular formula is C25H27BrCl2N2O2S. The lowest BCUT2D eigenvalue weighted by Gasteiger charge is -2.38. The van der Waals surface area contributed by atoms with Crippen LogP contribution in [-0.4, -0.2) is 31.7 Å². The second kappa shape index (κ2) is 11.1. The van der Waals surface area contributed by atoms with Crippen molar-refractivity contribution in [2.75, 3.05) is 31.7 Å². The summed E-state index contributed by atoms with van der Waals surface area (Å²) in [6.45, 7) is 5.19. The molecule has 3 aromatic carbocycles. The zero-order valence-corrected chi connectivity index (χ0v) is 23.0. The predicted molar refractivity (Wildman–Crippen MR) is 148 cm³/mol. The number of halogens is 3. The maximum Gasteiger partial charge on any atom is 0.144 e. The molecule has 0 atom stereocenters. The minimum atomic E-state index is 0. The van der Waals surface area contributed by atoms with Gasteiger partial charge in [-0.1, -0.05) is 46.6 Å². The SMILES string of the molecule is CCCN(c1c(OC)ccc2cc(Br)ccc12)N1CSC(C)=C1c1ccc(OC)cc1Cl.Cl. The first-order valence-corrected chi connectivity index (χ1v) is 12.6. The number of nitrogens with zero attached hydrogens (tertiary/aromatic N) is 2. The molecule has 0 N–H and O–H groups in total. The van der Waals surface area contributed by atoms with Gasteiger partial charge >= 0.3 is 0 Å². The normalized spacial score (nSPS) is 13.3. The van der Waals surface area contributed by atoms with Gasteiger partial charge in [-0.15, -0.1) is 24.2 Å². The smallest absolute Gasteiger partial charge is 0.144 e. The summed E-state index contributed by atoms with van der Waals surface area (Å²) in [6, 6.07) is 16.4. The molecule has 0 fully saturated rings. The fraction of sp³-hybridized carbons (Fsp3) is 0.280. The average Bonchev–Trinajstić information content (AvgIpc) is 3.17. The molecule has 1 aliphatic heterocycles. The van der Waals surface area contributed by atoms with Crippen molar-refractivity contribution in [2.24, 2.45) is 0 Å². The molecule has 176 valence electrons. The molecule has 0 radical (unpaired) electrons. The average molecular weight is 570 g/mol. The van der Waals surface area contributed by atoms with Crippen molar-refractivity contribution >= 4 is 73.9 Å². The largest absolute Gasteiger partial charge is 0.497 e. The Morgan fingerprint density at radius 3 is 2.55 bits per heavy atom. The van der Waals surface area contributed by atoms with Crippen molar-refractivity contribution in [1.29, 1.82) is 0 Å². The molecule has 1 aliphatic rings. The highest BCUT2D eigenvalue weighted by Gasteiger charge is 2.31. The Hall–Kier alpha value is -1.73. The number of thioether (sulfide) groups is 1. The summed E-state index contributed by atoms with van der Waals surface area (Å²) in [5.41, 5.74) is 3.18. The lowest BCUT2D eigenvalue weighted by Crippen LogP contribution is -2.41. The minimum absolute atomic E-state index is 0. The van der Waals surface area contributed by atoms with Crippen LogP contribution in [0.25, 0.3) is 16.5 Å². The van der Waals surface area contributed by atoms with Crippen LogP contribution in [-0.2, 0) is 0 Å². The van der Waals surface area contributed by atoms with Crippen LogP contribution in [0, 0.1) is 0 Å². The molecule has 0 amide bonds. The van der Waals surface area contributed by atoms with E-state index in [1.54, 1.807) is 14.2 Å². The highest BCUT2D eigenvalue weighted by atomic mass is 79.9. The van der Waals surface area contributed by atoms with E-state index in [4.69, 9.17) is 21.1 Å². The van der Waals surface area contributed by atoms with E-state index in [0.717, 1.165) is 62.5 Å². The summed E-state index contributed by atoms with van der Waals surface area (Å²) in [7, 11) is 3.39. The number of methoxy groups -OCH3 is 2. The van der Waals surface area contributed by atoms with Gasteiger partial charge < -0.3 is 9.47 Å². The van der Waals surface area contributed by atoms with E-state index in [1.807, 2.05) is 36.0 Å². The lowest BCUT2D eigenvalue weighted by atomic mass is 10.1. The standard InChI is InChI=1S/C25H26BrClN2O2S.ClH/c1-5-12-28(25-20-9-7-18(26)13-17(20)6-11-23(25)31-4)29-15-32-16(2)24(29)21-10-8-19(30-3)14-22(21)27;/h6-11,13-14H,5,12,15H2,1-4H3;1H. The summed E-state index contributed by atoms with van der Waals surface area (Å²) in [5, 5.41) is 7.66. The molecular weight excluding hydrogens is 543 g/mol. The van der Waals surface area contributed by atoms with Crippen molar-refractivity contribution < 1.29 is 9.47 Å². The van der Waals surface area contributed by atoms with Crippen LogP contribution >= 0.6 is 51.7 Å². The Kier molecular flexibility index (Phi) is 8.73. The van der Waals surface area contributed by atoms with Gasteiger partial charge in [0.1, 0.15) is 17.2 Å². The zero-order valence-electron chi connectivity index (χ0n) is 19.0. The Bertz CT molecular complexity index is 1190. The molecule has 0 spiro atoms. The molecule has 0 aliphatic carbocycles. The summed E-state index contributed by atoms with van der Waals surface area (Å²) in [6.07, 6.45) is 0.986. The van der Waals surface area contributed by atoms with Crippen LogP contribution in [0.5, 0.6) is 11.5 Å². The number of ether oxygens (including phenoxy) is 2. The second-order valence-corrected chi connectivity index (χ2v) is 10.0. The first-order chi connectivity index (χ1) is 15.5. The Morgan fingerprint density at radius 1 is 1.09 bits per heavy atom. The number of rotatable bonds is 7. The van der Waals surface area contributed by atoms with E-state index in [1.165, 1.54) is 4.91 Å². The van der Waals surface area contributed by atoms with Gasteiger partial charge in [0.25, 0.3) is 0 Å². The van der Waals surface area contributed by atoms with Crippen molar-refractivity contribution in [2.45, 2.75) is 20.3 Å². The maximum absolute atomic E-state index is 6.72. The molecule has 0 saturated heterocycles. The number of hydrogen-bond donors (Lipinski definition) is 0. The molecule has 1 heterocycles. The molecule has 8 heteroatoms. The van der Waals surface area contributed by atoms with Crippen LogP contribution in [0.4, 0.5) is 5.69 Å². The van der Waals surface area contributed by atoms with Gasteiger partial charge in [-0.3, -0.25) is 10.0 Å². The van der Waals surface area contributed by atoms with Crippen molar-refractivity contribution in [1.82, 2.24) is 5.01 Å². The molecule has 0 unspecified atom stereocenters. The molecule has 0 bridgehead atoms. The maximum atomic E-state index is 6.72. The highest BCUT2D eigenvalue weighted by Crippen LogP contribution is 2.46. The van der Waals surface area contributed by atoms with Crippen molar-refractivity contribution in [3.8, 4) is 11.5 Å². The van der Waals surface area contributed by atoms with Crippen LogP contribution in [0.1, 0.15) is 25.8 Å². The molecule has 4 rings (SSSR count). The highest BCUT2D eigenvalue weighted by molar-refractivity contribution is 9.10. The molecule has 0 saturated carbocycles. The van der Waals surface area contributed by atoms with Crippen LogP contribution in [0.15, 0.2) is 57.9 Å². The van der Waals surface area contributed by atoms with Gasteiger partial charge in [0.2, 0.25) is 0 Å². The fourth-order valence-corrected chi connectivity index (χ4v) is 5.64. The van der Waals surface area contributed by atoms with Crippen molar-refractivity contribution in [3.05, 3.63) is 68.5 Å². The third-order valence-electron chi connectivity index (χ3n) is 5.55. The van der Waals surface area contributed by atoms with Crippen molar-refractivity contribution in [3.63, 3.8) is 0 Å². The summed E-state index contributed by atoms with van der Waals surface area (Å²) < 4.78 is 12.3. The third kappa shape index (κ3) is 5.04. The minimum Gasteiger partial charge on any atom is -0.497 e. The topological polar surface area (TPSA) is 24.9 Å². The van der Waals surface area contributed by atoms with E-state index in [9.17, 15) is 0 Å². The van der Waals surface area contributed by atoms with Gasteiger partial charge in [-0.2, -0.15) is 0 Å². The first kappa shape index (κ1) is 25.9. The van der Waals surface area contributed by atoms with Gasteiger partial charge in [0, 0.05) is 26.9 Å². The lowest BCUT2D eigenvalue weighted by molar-refractivity contribution is 0.389. The quantitative estimate of drug-likeness (QED) is 0.285. The summed E-state index contributed by atoms with van der Waals surface area (Å²) in [4.78, 5) is 1.24.